The van der Waals surface area contributed by atoms with Crippen LogP contribution in [-0.4, -0.2) is 21.2 Å². The van der Waals surface area contributed by atoms with E-state index in [9.17, 15) is 9.90 Å². The van der Waals surface area contributed by atoms with Crippen molar-refractivity contribution in [2.75, 3.05) is 0 Å². The monoisotopic (exact) mass is 243 g/mol. The molecule has 0 aliphatic rings. The van der Waals surface area contributed by atoms with E-state index < -0.39 is 5.97 Å². The summed E-state index contributed by atoms with van der Waals surface area (Å²) in [5.41, 5.74) is 1.95. The Morgan fingerprint density at radius 3 is 2.44 bits per heavy atom. The van der Waals surface area contributed by atoms with Gasteiger partial charge in [0, 0.05) is 6.20 Å². The van der Waals surface area contributed by atoms with E-state index >= 15 is 0 Å². The number of aromatic hydroxyl groups is 1. The van der Waals surface area contributed by atoms with Crippen LogP contribution in [-0.2, 0) is 12.8 Å². The molecule has 0 saturated carbocycles. The Balaban J connectivity index is 2.02. The van der Waals surface area contributed by atoms with Crippen molar-refractivity contribution in [2.45, 2.75) is 12.8 Å². The minimum atomic E-state index is -0.927. The van der Waals surface area contributed by atoms with E-state index in [-0.39, 0.29) is 11.3 Å². The first-order chi connectivity index (χ1) is 8.66. The molecule has 0 bridgehead atoms. The standard InChI is InChI=1S/C14H13NO3/c16-13-2-1-9-15-12(13)8-5-10-3-6-11(7-4-10)14(17)18/h1-4,6-7,9,16H,5,8H2,(H,17,18). The summed E-state index contributed by atoms with van der Waals surface area (Å²) < 4.78 is 0. The summed E-state index contributed by atoms with van der Waals surface area (Å²) in [7, 11) is 0. The molecule has 1 heterocycles. The number of aromatic carboxylic acids is 1. The summed E-state index contributed by atoms with van der Waals surface area (Å²) in [5, 5.41) is 18.3. The van der Waals surface area contributed by atoms with Crippen LogP contribution in [0.15, 0.2) is 42.6 Å². The van der Waals surface area contributed by atoms with Crippen LogP contribution in [0.3, 0.4) is 0 Å². The summed E-state index contributed by atoms with van der Waals surface area (Å²) in [4.78, 5) is 14.8. The maximum absolute atomic E-state index is 10.7. The third kappa shape index (κ3) is 2.85. The number of aromatic nitrogens is 1. The van der Waals surface area contributed by atoms with Crippen LogP contribution in [0.1, 0.15) is 21.6 Å². The quantitative estimate of drug-likeness (QED) is 0.864. The molecule has 0 radical (unpaired) electrons. The maximum Gasteiger partial charge on any atom is 0.335 e. The van der Waals surface area contributed by atoms with E-state index in [1.807, 2.05) is 0 Å². The number of hydrogen-bond donors (Lipinski definition) is 2. The van der Waals surface area contributed by atoms with Gasteiger partial charge in [0.05, 0.1) is 11.3 Å². The minimum absolute atomic E-state index is 0.194. The van der Waals surface area contributed by atoms with Gasteiger partial charge in [-0.15, -0.1) is 0 Å². The second kappa shape index (κ2) is 5.31. The molecule has 1 aromatic carbocycles. The van der Waals surface area contributed by atoms with Gasteiger partial charge in [-0.1, -0.05) is 12.1 Å². The topological polar surface area (TPSA) is 70.4 Å². The summed E-state index contributed by atoms with van der Waals surface area (Å²) in [6.07, 6.45) is 2.98. The Bertz CT molecular complexity index is 549. The van der Waals surface area contributed by atoms with Crippen molar-refractivity contribution in [3.8, 4) is 5.75 Å². The Morgan fingerprint density at radius 2 is 1.83 bits per heavy atom. The van der Waals surface area contributed by atoms with Gasteiger partial charge in [0.15, 0.2) is 0 Å². The number of rotatable bonds is 4. The number of benzene rings is 1. The van der Waals surface area contributed by atoms with Crippen LogP contribution in [0.2, 0.25) is 0 Å². The van der Waals surface area contributed by atoms with Crippen LogP contribution in [0.4, 0.5) is 0 Å². The molecule has 2 N–H and O–H groups in total. The third-order valence-electron chi connectivity index (χ3n) is 2.72. The smallest absolute Gasteiger partial charge is 0.335 e. The van der Waals surface area contributed by atoms with E-state index in [0.29, 0.717) is 18.5 Å². The lowest BCUT2D eigenvalue weighted by molar-refractivity contribution is 0.0697. The third-order valence-corrected chi connectivity index (χ3v) is 2.72. The molecule has 0 spiro atoms. The first kappa shape index (κ1) is 12.1. The molecule has 0 atom stereocenters. The molecule has 4 nitrogen and oxygen atoms in total. The van der Waals surface area contributed by atoms with Crippen LogP contribution in [0, 0.1) is 0 Å². The van der Waals surface area contributed by atoms with E-state index in [1.165, 1.54) is 0 Å². The number of pyridine rings is 1. The van der Waals surface area contributed by atoms with Crippen molar-refractivity contribution < 1.29 is 15.0 Å². The average Bonchev–Trinajstić information content (AvgIpc) is 2.38. The molecule has 2 aromatic rings. The molecular formula is C14H13NO3. The molecule has 0 unspecified atom stereocenters. The predicted molar refractivity (Wildman–Crippen MR) is 66.7 cm³/mol. The van der Waals surface area contributed by atoms with Crippen molar-refractivity contribution in [1.82, 2.24) is 4.98 Å². The fourth-order valence-corrected chi connectivity index (χ4v) is 1.70. The summed E-state index contributed by atoms with van der Waals surface area (Å²) in [6, 6.07) is 10.0. The summed E-state index contributed by atoms with van der Waals surface area (Å²) in [5.74, 6) is -0.733. The van der Waals surface area contributed by atoms with E-state index in [4.69, 9.17) is 5.11 Å². The van der Waals surface area contributed by atoms with Crippen molar-refractivity contribution in [1.29, 1.82) is 0 Å². The highest BCUT2D eigenvalue weighted by Crippen LogP contribution is 2.15. The van der Waals surface area contributed by atoms with E-state index in [1.54, 1.807) is 42.6 Å². The molecule has 0 amide bonds. The Labute approximate surface area is 105 Å². The number of nitrogens with zero attached hydrogens (tertiary/aromatic N) is 1. The number of aryl methyl sites for hydroxylation is 2. The van der Waals surface area contributed by atoms with Gasteiger partial charge >= 0.3 is 5.97 Å². The highest BCUT2D eigenvalue weighted by Gasteiger charge is 2.04. The zero-order valence-electron chi connectivity index (χ0n) is 9.71. The second-order valence-electron chi connectivity index (χ2n) is 3.97. The molecular weight excluding hydrogens is 230 g/mol. The number of hydrogen-bond acceptors (Lipinski definition) is 3. The number of carbonyl (C=O) groups is 1. The molecule has 0 aliphatic heterocycles. The Morgan fingerprint density at radius 1 is 1.11 bits per heavy atom. The van der Waals surface area contributed by atoms with Gasteiger partial charge < -0.3 is 10.2 Å². The van der Waals surface area contributed by atoms with Crippen molar-refractivity contribution in [2.24, 2.45) is 0 Å². The zero-order valence-corrected chi connectivity index (χ0v) is 9.71. The lowest BCUT2D eigenvalue weighted by Gasteiger charge is -2.04. The first-order valence-electron chi connectivity index (χ1n) is 5.62. The van der Waals surface area contributed by atoms with Gasteiger partial charge in [-0.2, -0.15) is 0 Å². The highest BCUT2D eigenvalue weighted by atomic mass is 16.4. The normalized spacial score (nSPS) is 10.2. The lowest BCUT2D eigenvalue weighted by atomic mass is 10.1. The Kier molecular flexibility index (Phi) is 3.57. The largest absolute Gasteiger partial charge is 0.506 e. The van der Waals surface area contributed by atoms with Gasteiger partial charge in [-0.3, -0.25) is 4.98 Å². The summed E-state index contributed by atoms with van der Waals surface area (Å²) >= 11 is 0. The average molecular weight is 243 g/mol. The highest BCUT2D eigenvalue weighted by molar-refractivity contribution is 5.87. The van der Waals surface area contributed by atoms with E-state index in [2.05, 4.69) is 4.98 Å². The molecule has 0 fully saturated rings. The fraction of sp³-hybridized carbons (Fsp3) is 0.143. The van der Waals surface area contributed by atoms with Gasteiger partial charge in [-0.25, -0.2) is 4.79 Å². The van der Waals surface area contributed by atoms with Gasteiger partial charge in [0.1, 0.15) is 5.75 Å². The number of carboxylic acids is 1. The first-order valence-corrected chi connectivity index (χ1v) is 5.62. The van der Waals surface area contributed by atoms with Gasteiger partial charge in [0.2, 0.25) is 0 Å². The van der Waals surface area contributed by atoms with Crippen molar-refractivity contribution in [3.63, 3.8) is 0 Å². The van der Waals surface area contributed by atoms with Gasteiger partial charge in [0.25, 0.3) is 0 Å². The lowest BCUT2D eigenvalue weighted by Crippen LogP contribution is -1.98. The van der Waals surface area contributed by atoms with Crippen LogP contribution < -0.4 is 0 Å². The molecule has 18 heavy (non-hydrogen) atoms. The van der Waals surface area contributed by atoms with Gasteiger partial charge in [-0.05, 0) is 42.7 Å². The number of carboxylic acid groups (broad SMARTS) is 1. The molecule has 4 heteroatoms. The van der Waals surface area contributed by atoms with Crippen molar-refractivity contribution in [3.05, 3.63) is 59.4 Å². The SMILES string of the molecule is O=C(O)c1ccc(CCc2ncccc2O)cc1. The Hall–Kier alpha value is -2.36. The van der Waals surface area contributed by atoms with Crippen molar-refractivity contribution >= 4 is 5.97 Å². The predicted octanol–water partition coefficient (Wildman–Crippen LogP) is 2.27. The zero-order chi connectivity index (χ0) is 13.0. The summed E-state index contributed by atoms with van der Waals surface area (Å²) in [6.45, 7) is 0. The maximum atomic E-state index is 10.7. The van der Waals surface area contributed by atoms with Crippen LogP contribution in [0.25, 0.3) is 0 Å². The molecule has 1 aromatic heterocycles. The molecule has 0 aliphatic carbocycles. The second-order valence-corrected chi connectivity index (χ2v) is 3.97. The fourth-order valence-electron chi connectivity index (χ4n) is 1.70. The van der Waals surface area contributed by atoms with Crippen LogP contribution >= 0.6 is 0 Å². The molecule has 0 saturated heterocycles. The molecule has 2 rings (SSSR count). The van der Waals surface area contributed by atoms with Crippen LogP contribution in [0.5, 0.6) is 5.75 Å². The molecule has 92 valence electrons. The van der Waals surface area contributed by atoms with E-state index in [0.717, 1.165) is 5.56 Å². The minimum Gasteiger partial charge on any atom is -0.506 e.